The molecule has 0 aromatic heterocycles. The molecule has 0 radical (unpaired) electrons. The van der Waals surface area contributed by atoms with Gasteiger partial charge in [0.25, 0.3) is 0 Å². The van der Waals surface area contributed by atoms with Crippen LogP contribution in [-0.4, -0.2) is 35.6 Å². The van der Waals surface area contributed by atoms with E-state index in [1.807, 2.05) is 11.8 Å². The van der Waals surface area contributed by atoms with E-state index in [4.69, 9.17) is 0 Å². The molecule has 0 spiro atoms. The number of rotatable bonds is 4. The first-order valence-electron chi connectivity index (χ1n) is 5.26. The molecule has 0 aliphatic carbocycles. The van der Waals surface area contributed by atoms with Crippen LogP contribution in [0.4, 0.5) is 0 Å². The lowest BCUT2D eigenvalue weighted by atomic mass is 10.00. The average Bonchev–Trinajstić information content (AvgIpc) is 2.10. The Hall–Kier alpha value is 0.270. The van der Waals surface area contributed by atoms with E-state index in [-0.39, 0.29) is 0 Å². The molecule has 2 atom stereocenters. The summed E-state index contributed by atoms with van der Waals surface area (Å²) in [6.07, 6.45) is 6.24. The molecule has 0 aromatic carbocycles. The van der Waals surface area contributed by atoms with E-state index in [0.717, 1.165) is 6.54 Å². The number of hydrogen-bond acceptors (Lipinski definition) is 3. The molecule has 0 bridgehead atoms. The second-order valence-corrected chi connectivity index (χ2v) is 4.92. The van der Waals surface area contributed by atoms with Gasteiger partial charge in [0.2, 0.25) is 0 Å². The van der Waals surface area contributed by atoms with Crippen LogP contribution in [0.25, 0.3) is 0 Å². The van der Waals surface area contributed by atoms with Crippen molar-refractivity contribution in [1.82, 2.24) is 10.4 Å². The Morgan fingerprint density at radius 1 is 1.31 bits per heavy atom. The summed E-state index contributed by atoms with van der Waals surface area (Å²) in [5.41, 5.74) is 3.53. The molecule has 1 aliphatic heterocycles. The lowest BCUT2D eigenvalue weighted by molar-refractivity contribution is 0.0492. The van der Waals surface area contributed by atoms with Crippen molar-refractivity contribution < 1.29 is 0 Å². The van der Waals surface area contributed by atoms with Gasteiger partial charge >= 0.3 is 0 Å². The molecule has 0 aromatic rings. The molecule has 78 valence electrons. The van der Waals surface area contributed by atoms with Crippen LogP contribution in [0.1, 0.15) is 33.1 Å². The Balaban J connectivity index is 2.26. The summed E-state index contributed by atoms with van der Waals surface area (Å²) < 4.78 is 0. The first-order valence-corrected chi connectivity index (χ1v) is 6.66. The molecule has 1 rings (SSSR count). The quantitative estimate of drug-likeness (QED) is 0.703. The number of piperidine rings is 1. The van der Waals surface area contributed by atoms with Crippen molar-refractivity contribution in [2.75, 3.05) is 18.6 Å². The van der Waals surface area contributed by atoms with Gasteiger partial charge in [0.15, 0.2) is 0 Å². The van der Waals surface area contributed by atoms with Gasteiger partial charge < -0.3 is 0 Å². The molecule has 1 saturated heterocycles. The van der Waals surface area contributed by atoms with Crippen molar-refractivity contribution >= 4 is 11.8 Å². The average molecular weight is 202 g/mol. The van der Waals surface area contributed by atoms with Crippen LogP contribution in [0.2, 0.25) is 0 Å². The van der Waals surface area contributed by atoms with Gasteiger partial charge in [0.1, 0.15) is 0 Å². The Morgan fingerprint density at radius 2 is 1.92 bits per heavy atom. The molecule has 2 nitrogen and oxygen atoms in total. The summed E-state index contributed by atoms with van der Waals surface area (Å²) in [7, 11) is 0. The molecule has 1 heterocycles. The highest BCUT2D eigenvalue weighted by molar-refractivity contribution is 7.98. The van der Waals surface area contributed by atoms with Crippen LogP contribution in [0.5, 0.6) is 0 Å². The summed E-state index contributed by atoms with van der Waals surface area (Å²) in [5.74, 6) is 1.20. The smallest absolute Gasteiger partial charge is 0.0218 e. The normalized spacial score (nSPS) is 30.7. The van der Waals surface area contributed by atoms with E-state index in [0.29, 0.717) is 12.1 Å². The topological polar surface area (TPSA) is 15.3 Å². The molecule has 1 fully saturated rings. The second kappa shape index (κ2) is 5.89. The predicted molar refractivity (Wildman–Crippen MR) is 61.0 cm³/mol. The Bertz CT molecular complexity index is 131. The lowest BCUT2D eigenvalue weighted by Gasteiger charge is -2.39. The number of nitrogens with zero attached hydrogens (tertiary/aromatic N) is 1. The SMILES string of the molecule is CSCCNN1C(C)CCCC1C. The molecule has 0 saturated carbocycles. The molecule has 0 amide bonds. The zero-order chi connectivity index (χ0) is 9.68. The van der Waals surface area contributed by atoms with Gasteiger partial charge in [0.05, 0.1) is 0 Å². The van der Waals surface area contributed by atoms with E-state index in [1.54, 1.807) is 0 Å². The maximum Gasteiger partial charge on any atom is 0.0218 e. The Labute approximate surface area is 86.4 Å². The number of nitrogens with one attached hydrogen (secondary N) is 1. The lowest BCUT2D eigenvalue weighted by Crippen LogP contribution is -2.52. The second-order valence-electron chi connectivity index (χ2n) is 3.94. The molecule has 1 aliphatic rings. The van der Waals surface area contributed by atoms with Crippen LogP contribution in [-0.2, 0) is 0 Å². The first-order chi connectivity index (χ1) is 6.25. The third kappa shape index (κ3) is 3.49. The highest BCUT2D eigenvalue weighted by Gasteiger charge is 2.23. The van der Waals surface area contributed by atoms with Gasteiger partial charge in [-0.15, -0.1) is 0 Å². The van der Waals surface area contributed by atoms with Gasteiger partial charge in [0, 0.05) is 24.4 Å². The van der Waals surface area contributed by atoms with Gasteiger partial charge in [-0.3, -0.25) is 5.43 Å². The van der Waals surface area contributed by atoms with Crippen LogP contribution in [0, 0.1) is 0 Å². The maximum absolute atomic E-state index is 3.53. The zero-order valence-electron chi connectivity index (χ0n) is 9.05. The fourth-order valence-electron chi connectivity index (χ4n) is 2.01. The number of thioether (sulfide) groups is 1. The van der Waals surface area contributed by atoms with Gasteiger partial charge in [-0.05, 0) is 32.9 Å². The number of hydrazine groups is 1. The number of hydrogen-bond donors (Lipinski definition) is 1. The summed E-state index contributed by atoms with van der Waals surface area (Å²) in [6.45, 7) is 5.75. The summed E-state index contributed by atoms with van der Waals surface area (Å²) in [6, 6.07) is 1.43. The molecule has 13 heavy (non-hydrogen) atoms. The first kappa shape index (κ1) is 11.3. The maximum atomic E-state index is 3.53. The monoisotopic (exact) mass is 202 g/mol. The highest BCUT2D eigenvalue weighted by Crippen LogP contribution is 2.19. The minimum atomic E-state index is 0.714. The van der Waals surface area contributed by atoms with Crippen molar-refractivity contribution in [1.29, 1.82) is 0 Å². The van der Waals surface area contributed by atoms with Gasteiger partial charge in [-0.25, -0.2) is 5.01 Å². The van der Waals surface area contributed by atoms with E-state index >= 15 is 0 Å². The summed E-state index contributed by atoms with van der Waals surface area (Å²) in [5, 5.41) is 2.44. The minimum absolute atomic E-state index is 0.714. The predicted octanol–water partition coefficient (Wildman–Crippen LogP) is 2.12. The van der Waals surface area contributed by atoms with Gasteiger partial charge in [-0.2, -0.15) is 11.8 Å². The van der Waals surface area contributed by atoms with Crippen molar-refractivity contribution in [2.24, 2.45) is 0 Å². The van der Waals surface area contributed by atoms with Crippen LogP contribution in [0.3, 0.4) is 0 Å². The standard InChI is InChI=1S/C10H22N2S/c1-9-5-4-6-10(2)12(9)11-7-8-13-3/h9-11H,4-8H2,1-3H3. The molecular weight excluding hydrogens is 180 g/mol. The van der Waals surface area contributed by atoms with E-state index in [2.05, 4.69) is 30.5 Å². The third-order valence-corrected chi connectivity index (χ3v) is 3.41. The summed E-state index contributed by atoms with van der Waals surface area (Å²) in [4.78, 5) is 0. The van der Waals surface area contributed by atoms with Crippen LogP contribution in [0.15, 0.2) is 0 Å². The van der Waals surface area contributed by atoms with E-state index in [1.165, 1.54) is 25.0 Å². The Kier molecular flexibility index (Phi) is 5.14. The highest BCUT2D eigenvalue weighted by atomic mass is 32.2. The fraction of sp³-hybridized carbons (Fsp3) is 1.00. The van der Waals surface area contributed by atoms with Crippen LogP contribution < -0.4 is 5.43 Å². The minimum Gasteiger partial charge on any atom is -0.254 e. The molecular formula is C10H22N2S. The van der Waals surface area contributed by atoms with Crippen molar-refractivity contribution in [3.05, 3.63) is 0 Å². The zero-order valence-corrected chi connectivity index (χ0v) is 9.86. The molecule has 1 N–H and O–H groups in total. The third-order valence-electron chi connectivity index (χ3n) is 2.79. The largest absolute Gasteiger partial charge is 0.254 e. The van der Waals surface area contributed by atoms with Crippen molar-refractivity contribution in [3.63, 3.8) is 0 Å². The van der Waals surface area contributed by atoms with E-state index < -0.39 is 0 Å². The van der Waals surface area contributed by atoms with Crippen molar-refractivity contribution in [2.45, 2.75) is 45.2 Å². The van der Waals surface area contributed by atoms with Gasteiger partial charge in [-0.1, -0.05) is 6.42 Å². The Morgan fingerprint density at radius 3 is 2.46 bits per heavy atom. The fourth-order valence-corrected chi connectivity index (χ4v) is 2.31. The van der Waals surface area contributed by atoms with Crippen LogP contribution >= 0.6 is 11.8 Å². The van der Waals surface area contributed by atoms with E-state index in [9.17, 15) is 0 Å². The van der Waals surface area contributed by atoms with Crippen molar-refractivity contribution in [3.8, 4) is 0 Å². The summed E-state index contributed by atoms with van der Waals surface area (Å²) >= 11 is 1.90. The molecule has 3 heteroatoms. The molecule has 2 unspecified atom stereocenters.